The average Bonchev–Trinajstić information content (AvgIpc) is 3.30. The van der Waals surface area contributed by atoms with Crippen LogP contribution in [0.2, 0.25) is 0 Å². The Labute approximate surface area is 173 Å². The zero-order valence-electron chi connectivity index (χ0n) is 17.3. The number of benzene rings is 1. The number of hydrogen-bond acceptors (Lipinski definition) is 4. The monoisotopic (exact) mass is 402 g/mol. The van der Waals surface area contributed by atoms with Crippen molar-refractivity contribution in [2.75, 3.05) is 5.32 Å². The summed E-state index contributed by atoms with van der Waals surface area (Å²) in [5.74, 6) is -0.304. The van der Waals surface area contributed by atoms with Crippen LogP contribution in [0.3, 0.4) is 0 Å². The fraction of sp³-hybridized carbons (Fsp3) is 0.227. The van der Waals surface area contributed by atoms with Gasteiger partial charge in [0.15, 0.2) is 0 Å². The van der Waals surface area contributed by atoms with Gasteiger partial charge in [0.05, 0.1) is 22.5 Å². The van der Waals surface area contributed by atoms with Gasteiger partial charge in [-0.1, -0.05) is 45.5 Å². The van der Waals surface area contributed by atoms with Crippen molar-refractivity contribution in [3.8, 4) is 0 Å². The number of aromatic amines is 1. The van der Waals surface area contributed by atoms with Crippen LogP contribution in [0, 0.1) is 0 Å². The van der Waals surface area contributed by atoms with Gasteiger partial charge in [-0.3, -0.25) is 9.59 Å². The smallest absolute Gasteiger partial charge is 0.281 e. The normalized spacial score (nSPS) is 14.7. The molecule has 2 amide bonds. The fourth-order valence-electron chi connectivity index (χ4n) is 3.08. The Balaban J connectivity index is 1.77. The summed E-state index contributed by atoms with van der Waals surface area (Å²) in [6.45, 7) is 11.4. The third kappa shape index (κ3) is 3.36. The molecule has 0 aliphatic carbocycles. The number of carbonyl (C=O) groups excluding carboxylic acids is 2. The maximum absolute atomic E-state index is 13.0. The highest BCUT2D eigenvalue weighted by Crippen LogP contribution is 2.26. The van der Waals surface area contributed by atoms with Crippen LogP contribution in [0.5, 0.6) is 0 Å². The standard InChI is InChI=1S/C22H22N6O2/c1-12-13(2)24-21(26-19(12)29)28-18(10-17(27-28)22(3,4)5)25-20(30)15-11-23-16-9-7-6-8-14(15)16/h6-11,23H,1H2,2-5H3,(H,25,30). The highest BCUT2D eigenvalue weighted by atomic mass is 16.2. The molecule has 0 saturated carbocycles. The molecule has 2 N–H and O–H groups in total. The first kappa shape index (κ1) is 19.5. The topological polar surface area (TPSA) is 104 Å². The number of nitrogens with one attached hydrogen (secondary N) is 2. The molecule has 0 atom stereocenters. The maximum atomic E-state index is 13.0. The van der Waals surface area contributed by atoms with Crippen molar-refractivity contribution in [2.45, 2.75) is 33.1 Å². The second kappa shape index (κ2) is 6.91. The number of aliphatic imine (C=N–C) groups is 2. The molecule has 0 radical (unpaired) electrons. The lowest BCUT2D eigenvalue weighted by Crippen LogP contribution is -2.25. The van der Waals surface area contributed by atoms with Gasteiger partial charge in [0, 0.05) is 28.6 Å². The summed E-state index contributed by atoms with van der Waals surface area (Å²) >= 11 is 0. The van der Waals surface area contributed by atoms with E-state index in [9.17, 15) is 9.59 Å². The third-order valence-electron chi connectivity index (χ3n) is 4.91. The van der Waals surface area contributed by atoms with Crippen LogP contribution < -0.4 is 5.32 Å². The number of fused-ring (bicyclic) bond motifs is 1. The summed E-state index contributed by atoms with van der Waals surface area (Å²) in [5, 5.41) is 8.28. The molecule has 1 aliphatic rings. The molecule has 0 spiro atoms. The minimum atomic E-state index is -0.473. The number of H-pyrrole nitrogens is 1. The van der Waals surface area contributed by atoms with Gasteiger partial charge < -0.3 is 10.3 Å². The van der Waals surface area contributed by atoms with Crippen LogP contribution in [-0.2, 0) is 10.2 Å². The molecule has 0 unspecified atom stereocenters. The van der Waals surface area contributed by atoms with E-state index in [0.29, 0.717) is 17.1 Å². The molecule has 1 aliphatic heterocycles. The van der Waals surface area contributed by atoms with Gasteiger partial charge in [-0.05, 0) is 13.0 Å². The Kier molecular flexibility index (Phi) is 4.49. The van der Waals surface area contributed by atoms with Crippen molar-refractivity contribution in [3.63, 3.8) is 0 Å². The molecule has 3 heterocycles. The van der Waals surface area contributed by atoms with Crippen LogP contribution in [-0.4, -0.2) is 38.3 Å². The van der Waals surface area contributed by atoms with Crippen molar-refractivity contribution < 1.29 is 9.59 Å². The largest absolute Gasteiger partial charge is 0.360 e. The molecular weight excluding hydrogens is 380 g/mol. The van der Waals surface area contributed by atoms with Gasteiger partial charge >= 0.3 is 0 Å². The number of aromatic nitrogens is 3. The van der Waals surface area contributed by atoms with E-state index >= 15 is 0 Å². The molecule has 0 bridgehead atoms. The molecule has 2 aromatic heterocycles. The lowest BCUT2D eigenvalue weighted by molar-refractivity contribution is -0.113. The second-order valence-corrected chi connectivity index (χ2v) is 8.17. The van der Waals surface area contributed by atoms with E-state index in [-0.39, 0.29) is 22.9 Å². The summed E-state index contributed by atoms with van der Waals surface area (Å²) < 4.78 is 1.39. The zero-order chi connectivity index (χ0) is 21.6. The number of carbonyl (C=O) groups is 2. The van der Waals surface area contributed by atoms with Gasteiger partial charge in [-0.2, -0.15) is 14.8 Å². The van der Waals surface area contributed by atoms with Crippen LogP contribution in [0.4, 0.5) is 5.82 Å². The van der Waals surface area contributed by atoms with Crippen LogP contribution in [0.25, 0.3) is 10.9 Å². The van der Waals surface area contributed by atoms with E-state index in [4.69, 9.17) is 0 Å². The number of amides is 2. The summed E-state index contributed by atoms with van der Waals surface area (Å²) in [5.41, 5.74) is 2.52. The molecule has 8 nitrogen and oxygen atoms in total. The first-order valence-electron chi connectivity index (χ1n) is 9.51. The Bertz CT molecular complexity index is 1270. The van der Waals surface area contributed by atoms with E-state index in [1.54, 1.807) is 19.2 Å². The molecule has 8 heteroatoms. The molecule has 1 aromatic carbocycles. The van der Waals surface area contributed by atoms with Crippen molar-refractivity contribution in [2.24, 2.45) is 9.98 Å². The summed E-state index contributed by atoms with van der Waals surface area (Å²) in [7, 11) is 0. The van der Waals surface area contributed by atoms with E-state index in [1.165, 1.54) is 4.68 Å². The minimum Gasteiger partial charge on any atom is -0.360 e. The Hall–Kier alpha value is -3.81. The maximum Gasteiger partial charge on any atom is 0.281 e. The van der Waals surface area contributed by atoms with Crippen LogP contribution in [0.1, 0.15) is 43.7 Å². The molecular formula is C22H22N6O2. The molecule has 4 rings (SSSR count). The lowest BCUT2D eigenvalue weighted by atomic mass is 9.92. The Morgan fingerprint density at radius 1 is 1.20 bits per heavy atom. The lowest BCUT2D eigenvalue weighted by Gasteiger charge is -2.14. The summed E-state index contributed by atoms with van der Waals surface area (Å²) in [6.07, 6.45) is 1.67. The zero-order valence-corrected chi connectivity index (χ0v) is 17.3. The average molecular weight is 402 g/mol. The van der Waals surface area contributed by atoms with Gasteiger partial charge in [0.25, 0.3) is 17.8 Å². The van der Waals surface area contributed by atoms with E-state index in [1.807, 2.05) is 45.0 Å². The predicted octanol–water partition coefficient (Wildman–Crippen LogP) is 3.68. The highest BCUT2D eigenvalue weighted by molar-refractivity contribution is 6.28. The molecule has 0 saturated heterocycles. The van der Waals surface area contributed by atoms with Gasteiger partial charge in [0.1, 0.15) is 5.82 Å². The van der Waals surface area contributed by atoms with E-state index in [0.717, 1.165) is 16.6 Å². The molecule has 152 valence electrons. The fourth-order valence-corrected chi connectivity index (χ4v) is 3.08. The highest BCUT2D eigenvalue weighted by Gasteiger charge is 2.26. The van der Waals surface area contributed by atoms with Crippen molar-refractivity contribution in [1.29, 1.82) is 0 Å². The van der Waals surface area contributed by atoms with Gasteiger partial charge in [0.2, 0.25) is 0 Å². The minimum absolute atomic E-state index is 0.0922. The first-order valence-corrected chi connectivity index (χ1v) is 9.51. The van der Waals surface area contributed by atoms with Crippen molar-refractivity contribution in [1.82, 2.24) is 14.8 Å². The first-order chi connectivity index (χ1) is 14.1. The Morgan fingerprint density at radius 3 is 2.63 bits per heavy atom. The van der Waals surface area contributed by atoms with Crippen molar-refractivity contribution >= 4 is 40.2 Å². The van der Waals surface area contributed by atoms with E-state index < -0.39 is 5.91 Å². The molecule has 3 aromatic rings. The van der Waals surface area contributed by atoms with E-state index in [2.05, 4.69) is 32.0 Å². The number of para-hydroxylation sites is 1. The van der Waals surface area contributed by atoms with Crippen LogP contribution in [0.15, 0.2) is 58.7 Å². The summed E-state index contributed by atoms with van der Waals surface area (Å²) in [6, 6.07) is 9.33. The number of hydrogen-bond donors (Lipinski definition) is 2. The van der Waals surface area contributed by atoms with Gasteiger partial charge in [-0.25, -0.2) is 4.99 Å². The summed E-state index contributed by atoms with van der Waals surface area (Å²) in [4.78, 5) is 36.6. The quantitative estimate of drug-likeness (QED) is 0.639. The van der Waals surface area contributed by atoms with Crippen LogP contribution >= 0.6 is 0 Å². The molecule has 30 heavy (non-hydrogen) atoms. The predicted molar refractivity (Wildman–Crippen MR) is 117 cm³/mol. The number of anilines is 1. The molecule has 0 fully saturated rings. The number of rotatable bonds is 2. The second-order valence-electron chi connectivity index (χ2n) is 8.17. The van der Waals surface area contributed by atoms with Crippen molar-refractivity contribution in [3.05, 3.63) is 59.9 Å². The van der Waals surface area contributed by atoms with Gasteiger partial charge in [-0.15, -0.1) is 0 Å². The SMILES string of the molecule is C=C1C(=O)N=C(n2nc(C(C)(C)C)cc2NC(=O)c2c[nH]c3ccccc23)N=C1C. The Morgan fingerprint density at radius 2 is 1.93 bits per heavy atom. The third-order valence-corrected chi connectivity index (χ3v) is 4.91. The number of nitrogens with zero attached hydrogens (tertiary/aromatic N) is 4.